The van der Waals surface area contributed by atoms with E-state index in [0.717, 1.165) is 36.4 Å². The van der Waals surface area contributed by atoms with Gasteiger partial charge in [0.05, 0.1) is 16.8 Å². The molecule has 0 unspecified atom stereocenters. The molecule has 0 saturated heterocycles. The average molecular weight is 467 g/mol. The van der Waals surface area contributed by atoms with Gasteiger partial charge in [-0.2, -0.15) is 0 Å². The summed E-state index contributed by atoms with van der Waals surface area (Å²) in [5.74, 6) is 0.786. The molecule has 3 nitrogen and oxygen atoms in total. The van der Waals surface area contributed by atoms with E-state index < -0.39 is 0 Å². The third-order valence-electron chi connectivity index (χ3n) is 5.04. The Hall–Kier alpha value is -2.34. The van der Waals surface area contributed by atoms with Gasteiger partial charge in [-0.3, -0.25) is 9.69 Å². The van der Waals surface area contributed by atoms with E-state index in [1.165, 1.54) is 5.56 Å². The minimum Gasteiger partial charge on any atom is -0.284 e. The van der Waals surface area contributed by atoms with Crippen molar-refractivity contribution in [2.45, 2.75) is 31.7 Å². The Kier molecular flexibility index (Phi) is 6.96. The molecule has 0 radical (unpaired) electrons. The highest BCUT2D eigenvalue weighted by atomic mass is 35.5. The molecule has 3 aromatic carbocycles. The summed E-state index contributed by atoms with van der Waals surface area (Å²) in [6, 6.07) is 22.0. The maximum atomic E-state index is 13.3. The number of benzene rings is 3. The lowest BCUT2D eigenvalue weighted by Crippen LogP contribution is -2.30. The number of aromatic nitrogens is 1. The summed E-state index contributed by atoms with van der Waals surface area (Å²) in [6.07, 6.45) is 0.439. The van der Waals surface area contributed by atoms with Gasteiger partial charge in [-0.25, -0.2) is 4.98 Å². The Labute approximate surface area is 196 Å². The number of amides is 1. The van der Waals surface area contributed by atoms with Crippen LogP contribution in [0.15, 0.2) is 71.6 Å². The standard InChI is InChI=1S/C25H23ClN2OS2/c1-17-8-9-18(2)24-23(17)27-25(31-24)28(16-19-6-4-3-5-7-19)22(29)14-15-30-21-12-10-20(26)11-13-21/h3-13H,14-16H2,1-2H3. The molecule has 4 aromatic rings. The number of nitrogens with zero attached hydrogens (tertiary/aromatic N) is 2. The Morgan fingerprint density at radius 1 is 1.00 bits per heavy atom. The number of halogens is 1. The minimum atomic E-state index is 0.0830. The van der Waals surface area contributed by atoms with Crippen LogP contribution in [0.4, 0.5) is 5.13 Å². The molecule has 0 spiro atoms. The first-order valence-corrected chi connectivity index (χ1v) is 12.3. The van der Waals surface area contributed by atoms with Crippen molar-refractivity contribution in [1.29, 1.82) is 0 Å². The lowest BCUT2D eigenvalue weighted by atomic mass is 10.1. The Bertz CT molecular complexity index is 1150. The zero-order valence-electron chi connectivity index (χ0n) is 17.5. The van der Waals surface area contributed by atoms with E-state index in [-0.39, 0.29) is 5.91 Å². The number of hydrogen-bond donors (Lipinski definition) is 0. The van der Waals surface area contributed by atoms with Gasteiger partial charge in [-0.05, 0) is 54.8 Å². The van der Waals surface area contributed by atoms with Crippen LogP contribution < -0.4 is 4.90 Å². The number of carbonyl (C=O) groups excluding carboxylic acids is 1. The van der Waals surface area contributed by atoms with Crippen LogP contribution in [0.5, 0.6) is 0 Å². The zero-order valence-corrected chi connectivity index (χ0v) is 19.9. The fraction of sp³-hybridized carbons (Fsp3) is 0.200. The molecular weight excluding hydrogens is 444 g/mol. The van der Waals surface area contributed by atoms with Crippen LogP contribution in [-0.2, 0) is 11.3 Å². The summed E-state index contributed by atoms with van der Waals surface area (Å²) in [6.45, 7) is 4.68. The highest BCUT2D eigenvalue weighted by molar-refractivity contribution is 7.99. The van der Waals surface area contributed by atoms with Crippen LogP contribution in [0.3, 0.4) is 0 Å². The number of anilines is 1. The summed E-state index contributed by atoms with van der Waals surface area (Å²) in [5, 5.41) is 1.48. The van der Waals surface area contributed by atoms with Crippen molar-refractivity contribution in [1.82, 2.24) is 4.98 Å². The molecule has 0 aliphatic rings. The SMILES string of the molecule is Cc1ccc(C)c2sc(N(Cc3ccccc3)C(=O)CCSc3ccc(Cl)cc3)nc12. The van der Waals surface area contributed by atoms with Crippen molar-refractivity contribution in [2.75, 3.05) is 10.7 Å². The van der Waals surface area contributed by atoms with E-state index in [1.807, 2.05) is 59.5 Å². The van der Waals surface area contributed by atoms with Crippen molar-refractivity contribution < 1.29 is 4.79 Å². The molecule has 4 rings (SSSR count). The summed E-state index contributed by atoms with van der Waals surface area (Å²) in [5.41, 5.74) is 4.40. The van der Waals surface area contributed by atoms with Crippen molar-refractivity contribution >= 4 is 56.0 Å². The second kappa shape index (κ2) is 9.86. The molecule has 0 atom stereocenters. The number of thiazole rings is 1. The molecule has 0 aliphatic carbocycles. The molecule has 31 heavy (non-hydrogen) atoms. The number of fused-ring (bicyclic) bond motifs is 1. The minimum absolute atomic E-state index is 0.0830. The summed E-state index contributed by atoms with van der Waals surface area (Å²) in [4.78, 5) is 21.1. The number of carbonyl (C=O) groups is 1. The van der Waals surface area contributed by atoms with Crippen molar-refractivity contribution in [2.24, 2.45) is 0 Å². The number of rotatable bonds is 7. The van der Waals surface area contributed by atoms with Crippen LogP contribution in [0.1, 0.15) is 23.1 Å². The Morgan fingerprint density at radius 3 is 2.42 bits per heavy atom. The second-order valence-electron chi connectivity index (χ2n) is 7.39. The maximum absolute atomic E-state index is 13.3. The predicted octanol–water partition coefficient (Wildman–Crippen LogP) is 7.28. The van der Waals surface area contributed by atoms with E-state index in [9.17, 15) is 4.79 Å². The molecule has 158 valence electrons. The van der Waals surface area contributed by atoms with Gasteiger partial charge < -0.3 is 0 Å². The van der Waals surface area contributed by atoms with Gasteiger partial charge in [0.2, 0.25) is 5.91 Å². The van der Waals surface area contributed by atoms with Crippen LogP contribution in [0, 0.1) is 13.8 Å². The first-order chi connectivity index (χ1) is 15.0. The van der Waals surface area contributed by atoms with E-state index in [4.69, 9.17) is 16.6 Å². The quantitative estimate of drug-likeness (QED) is 0.268. The van der Waals surface area contributed by atoms with E-state index in [0.29, 0.717) is 18.7 Å². The second-order valence-corrected chi connectivity index (χ2v) is 9.97. The van der Waals surface area contributed by atoms with Gasteiger partial charge >= 0.3 is 0 Å². The van der Waals surface area contributed by atoms with Crippen molar-refractivity contribution in [3.63, 3.8) is 0 Å². The monoisotopic (exact) mass is 466 g/mol. The van der Waals surface area contributed by atoms with Crippen molar-refractivity contribution in [3.05, 3.63) is 88.4 Å². The first-order valence-electron chi connectivity index (χ1n) is 10.1. The maximum Gasteiger partial charge on any atom is 0.229 e. The number of hydrogen-bond acceptors (Lipinski definition) is 4. The Morgan fingerprint density at radius 2 is 1.71 bits per heavy atom. The van der Waals surface area contributed by atoms with Gasteiger partial charge in [0.1, 0.15) is 0 Å². The predicted molar refractivity (Wildman–Crippen MR) is 134 cm³/mol. The highest BCUT2D eigenvalue weighted by Gasteiger charge is 2.21. The molecule has 1 heterocycles. The fourth-order valence-corrected chi connectivity index (χ4v) is 5.41. The molecule has 0 bridgehead atoms. The van der Waals surface area contributed by atoms with Crippen LogP contribution >= 0.6 is 34.7 Å². The first kappa shape index (κ1) is 21.9. The Balaban J connectivity index is 1.56. The lowest BCUT2D eigenvalue weighted by molar-refractivity contribution is -0.118. The zero-order chi connectivity index (χ0) is 21.8. The van der Waals surface area contributed by atoms with Gasteiger partial charge in [-0.1, -0.05) is 65.4 Å². The topological polar surface area (TPSA) is 33.2 Å². The van der Waals surface area contributed by atoms with Gasteiger partial charge in [0.25, 0.3) is 0 Å². The summed E-state index contributed by atoms with van der Waals surface area (Å²) in [7, 11) is 0. The normalized spacial score (nSPS) is 11.1. The van der Waals surface area contributed by atoms with Crippen molar-refractivity contribution in [3.8, 4) is 0 Å². The third-order valence-corrected chi connectivity index (χ3v) is 7.52. The van der Waals surface area contributed by atoms with Gasteiger partial charge in [0, 0.05) is 22.1 Å². The lowest BCUT2D eigenvalue weighted by Gasteiger charge is -2.20. The van der Waals surface area contributed by atoms with E-state index >= 15 is 0 Å². The van der Waals surface area contributed by atoms with Crippen LogP contribution in [-0.4, -0.2) is 16.6 Å². The molecule has 0 N–H and O–H groups in total. The van der Waals surface area contributed by atoms with E-state index in [1.54, 1.807) is 23.1 Å². The van der Waals surface area contributed by atoms with Crippen LogP contribution in [0.25, 0.3) is 10.2 Å². The average Bonchev–Trinajstić information content (AvgIpc) is 3.23. The fourth-order valence-electron chi connectivity index (χ4n) is 3.31. The molecule has 0 saturated carbocycles. The number of aryl methyl sites for hydroxylation is 2. The molecular formula is C25H23ClN2OS2. The molecule has 1 amide bonds. The summed E-state index contributed by atoms with van der Waals surface area (Å²) >= 11 is 9.22. The molecule has 6 heteroatoms. The largest absolute Gasteiger partial charge is 0.284 e. The van der Waals surface area contributed by atoms with Gasteiger partial charge in [-0.15, -0.1) is 11.8 Å². The summed E-state index contributed by atoms with van der Waals surface area (Å²) < 4.78 is 1.15. The third kappa shape index (κ3) is 5.29. The van der Waals surface area contributed by atoms with Crippen LogP contribution in [0.2, 0.25) is 5.02 Å². The van der Waals surface area contributed by atoms with Gasteiger partial charge in [0.15, 0.2) is 5.13 Å². The molecule has 0 fully saturated rings. The smallest absolute Gasteiger partial charge is 0.229 e. The molecule has 1 aromatic heterocycles. The highest BCUT2D eigenvalue weighted by Crippen LogP contribution is 2.34. The molecule has 0 aliphatic heterocycles. The van der Waals surface area contributed by atoms with E-state index in [2.05, 4.69) is 26.0 Å². The number of thioether (sulfide) groups is 1.